The van der Waals surface area contributed by atoms with E-state index in [9.17, 15) is 9.59 Å². The lowest BCUT2D eigenvalue weighted by Crippen LogP contribution is -2.58. The monoisotopic (exact) mass is 1190 g/mol. The van der Waals surface area contributed by atoms with Gasteiger partial charge < -0.3 is 39.3 Å². The molecule has 0 aromatic heterocycles. The molecule has 1 N–H and O–H groups in total. The summed E-state index contributed by atoms with van der Waals surface area (Å²) in [5.74, 6) is 1.34. The molecule has 0 aliphatic heterocycles. The van der Waals surface area contributed by atoms with E-state index in [1.807, 2.05) is 36.4 Å². The van der Waals surface area contributed by atoms with Gasteiger partial charge >= 0.3 is 0 Å². The number of Topliss-reactive ketones (excluding diaryl/α,β-unsaturated/α-hetero) is 1. The molecule has 2 aromatic carbocycles. The van der Waals surface area contributed by atoms with Gasteiger partial charge in [0, 0.05) is 51.2 Å². The third-order valence-electron chi connectivity index (χ3n) is 16.1. The van der Waals surface area contributed by atoms with Crippen LogP contribution >= 0.6 is 50.5 Å². The molecule has 3 amide bonds. The molecule has 12 nitrogen and oxygen atoms in total. The Morgan fingerprint density at radius 2 is 0.850 bits per heavy atom. The second-order valence-corrected chi connectivity index (χ2v) is 27.0. The summed E-state index contributed by atoms with van der Waals surface area (Å²) in [7, 11) is 6.98. The molecule has 0 fully saturated rings. The minimum absolute atomic E-state index is 0.00286. The second kappa shape index (κ2) is 39.9. The quantitative estimate of drug-likeness (QED) is 0.0414. The lowest BCUT2D eigenvalue weighted by atomic mass is 9.89. The van der Waals surface area contributed by atoms with Crippen LogP contribution in [0.2, 0.25) is 0 Å². The molecule has 80 heavy (non-hydrogen) atoms. The zero-order valence-electron chi connectivity index (χ0n) is 52.4. The van der Waals surface area contributed by atoms with Crippen molar-refractivity contribution in [3.05, 3.63) is 59.7 Å². The number of amides is 3. The zero-order chi connectivity index (χ0) is 60.1. The third-order valence-corrected chi connectivity index (χ3v) is 17.5. The normalized spacial score (nSPS) is 16.0. The van der Waals surface area contributed by atoms with Crippen LogP contribution in [-0.2, 0) is 32.0 Å². The van der Waals surface area contributed by atoms with Crippen molar-refractivity contribution in [3.8, 4) is 11.5 Å². The first-order chi connectivity index (χ1) is 37.9. The molecule has 0 bridgehead atoms. The summed E-state index contributed by atoms with van der Waals surface area (Å²) in [5.41, 5.74) is 2.22. The minimum atomic E-state index is -0.910. The first-order valence-corrected chi connectivity index (χ1v) is 32.5. The average Bonchev–Trinajstić information content (AvgIpc) is 3.43. The molecule has 11 atom stereocenters. The van der Waals surface area contributed by atoms with Crippen LogP contribution in [-0.4, -0.2) is 174 Å². The Morgan fingerprint density at radius 1 is 0.487 bits per heavy atom. The van der Waals surface area contributed by atoms with Gasteiger partial charge in [0.1, 0.15) is 36.8 Å². The maximum atomic E-state index is 15.6. The van der Waals surface area contributed by atoms with Crippen molar-refractivity contribution in [1.82, 2.24) is 29.8 Å². The Bertz CT molecular complexity index is 2030. The SMILES string of the molecule is CCN(CC)CCOc1ccc(CC(S)CCC(C)C[C@@H](C(=O)N(C)C(CC(C)CCC(C)S)C(=O)CC(S)Cc2ccc(OCCN(CC)CC)cc2)N(C)C(=O)[C@H](CC(C)CCC(C)S)N(C)C(=O)[C@H](CC(C)C)NC)cc1. The molecule has 0 radical (unpaired) electrons. The van der Waals surface area contributed by atoms with Gasteiger partial charge in [-0.15, -0.1) is 0 Å². The highest BCUT2D eigenvalue weighted by Gasteiger charge is 2.41. The lowest BCUT2D eigenvalue weighted by molar-refractivity contribution is -0.153. The summed E-state index contributed by atoms with van der Waals surface area (Å²) < 4.78 is 12.1. The average molecular weight is 1190 g/mol. The van der Waals surface area contributed by atoms with Crippen molar-refractivity contribution in [1.29, 1.82) is 0 Å². The summed E-state index contributed by atoms with van der Waals surface area (Å²) >= 11 is 19.4. The summed E-state index contributed by atoms with van der Waals surface area (Å²) in [6.07, 6.45) is 8.35. The van der Waals surface area contributed by atoms with E-state index in [1.54, 1.807) is 42.9 Å². The Hall–Kier alpha value is -2.60. The van der Waals surface area contributed by atoms with E-state index in [-0.39, 0.29) is 74.6 Å². The molecular weight excluding hydrogens is 1080 g/mol. The largest absolute Gasteiger partial charge is 0.492 e. The number of rotatable bonds is 43. The Kier molecular flexibility index (Phi) is 36.6. The molecule has 16 heteroatoms. The highest BCUT2D eigenvalue weighted by Crippen LogP contribution is 2.29. The summed E-state index contributed by atoms with van der Waals surface area (Å²) in [4.78, 5) is 69.8. The molecule has 0 saturated heterocycles. The number of hydrogen-bond donors (Lipinski definition) is 5. The molecule has 2 rings (SSSR count). The van der Waals surface area contributed by atoms with E-state index in [0.717, 1.165) is 101 Å². The van der Waals surface area contributed by atoms with Crippen LogP contribution in [0.5, 0.6) is 11.5 Å². The molecule has 8 unspecified atom stereocenters. The van der Waals surface area contributed by atoms with Gasteiger partial charge in [0.2, 0.25) is 17.7 Å². The zero-order valence-corrected chi connectivity index (χ0v) is 55.9. The van der Waals surface area contributed by atoms with Gasteiger partial charge in [0.25, 0.3) is 0 Å². The van der Waals surface area contributed by atoms with Crippen LogP contribution < -0.4 is 14.8 Å². The van der Waals surface area contributed by atoms with E-state index in [1.165, 1.54) is 5.56 Å². The molecule has 0 saturated carbocycles. The number of nitrogens with one attached hydrogen (secondary N) is 1. The van der Waals surface area contributed by atoms with Crippen molar-refractivity contribution in [3.63, 3.8) is 0 Å². The first-order valence-electron chi connectivity index (χ1n) is 30.5. The van der Waals surface area contributed by atoms with Gasteiger partial charge in [-0.05, 0) is 180 Å². The van der Waals surface area contributed by atoms with Crippen molar-refractivity contribution < 1.29 is 28.7 Å². The first kappa shape index (κ1) is 73.5. The van der Waals surface area contributed by atoms with Gasteiger partial charge in [-0.2, -0.15) is 50.5 Å². The third kappa shape index (κ3) is 27.9. The van der Waals surface area contributed by atoms with E-state index in [0.29, 0.717) is 45.3 Å². The van der Waals surface area contributed by atoms with Gasteiger partial charge in [0.05, 0.1) is 12.1 Å². The highest BCUT2D eigenvalue weighted by atomic mass is 32.1. The number of carbonyl (C=O) groups excluding carboxylic acids is 4. The van der Waals surface area contributed by atoms with Crippen molar-refractivity contribution in [2.45, 2.75) is 205 Å². The van der Waals surface area contributed by atoms with Gasteiger partial charge in [-0.1, -0.05) is 100 Å². The molecular formula is C64H112N6O6S4. The predicted octanol–water partition coefficient (Wildman–Crippen LogP) is 11.6. The Balaban J connectivity index is 2.55. The maximum Gasteiger partial charge on any atom is 0.245 e. The fraction of sp³-hybridized carbons (Fsp3) is 0.750. The van der Waals surface area contributed by atoms with Crippen LogP contribution in [0.15, 0.2) is 48.5 Å². The number of carbonyl (C=O) groups is 4. The standard InChI is InChI=1S/C64H112N6O6S4/c1-16-69(17-2)34-36-75-53-29-25-51(26-30-53)42-55(79)33-22-48(9)41-60(68(15)64(74)59(40-47(8)21-24-50(11)78)67(14)62(72)57(65-12)38-45(5)6)63(73)66(13)58(39-46(7)20-23-49(10)77)61(71)44-56(80)43-52-27-31-54(32-28-52)76-37-35-70(18-3)19-4/h25-32,45-50,55-60,65,77-80H,16-24,33-44H2,1-15H3/t46?,47?,48?,49?,50?,55?,56?,57-,58?,59-,60-/m0/s1. The number of ketones is 1. The number of benzene rings is 2. The fourth-order valence-electron chi connectivity index (χ4n) is 10.6. The number of hydrogen-bond acceptors (Lipinski definition) is 13. The van der Waals surface area contributed by atoms with E-state index >= 15 is 9.59 Å². The number of ether oxygens (including phenoxy) is 2. The number of nitrogens with zero attached hydrogens (tertiary/aromatic N) is 5. The summed E-state index contributed by atoms with van der Waals surface area (Å²) in [5, 5.41) is 3.36. The lowest BCUT2D eigenvalue weighted by Gasteiger charge is -2.40. The van der Waals surface area contributed by atoms with E-state index in [4.69, 9.17) is 34.7 Å². The van der Waals surface area contributed by atoms with Gasteiger partial charge in [-0.25, -0.2) is 0 Å². The van der Waals surface area contributed by atoms with Crippen molar-refractivity contribution in [2.24, 2.45) is 23.7 Å². The molecule has 0 heterocycles. The van der Waals surface area contributed by atoms with Crippen LogP contribution in [0, 0.1) is 23.7 Å². The molecule has 2 aromatic rings. The van der Waals surface area contributed by atoms with Gasteiger partial charge in [-0.3, -0.25) is 19.2 Å². The molecule has 458 valence electrons. The number of thiol groups is 4. The summed E-state index contributed by atoms with van der Waals surface area (Å²) in [6, 6.07) is 13.4. The number of likely N-dealkylation sites (N-methyl/N-ethyl adjacent to an activating group) is 6. The Labute approximate surface area is 509 Å². The van der Waals surface area contributed by atoms with E-state index in [2.05, 4.69) is 129 Å². The van der Waals surface area contributed by atoms with Crippen LogP contribution in [0.3, 0.4) is 0 Å². The smallest absolute Gasteiger partial charge is 0.245 e. The fourth-order valence-corrected chi connectivity index (χ4v) is 11.6. The Morgan fingerprint density at radius 3 is 1.23 bits per heavy atom. The predicted molar refractivity (Wildman–Crippen MR) is 350 cm³/mol. The maximum absolute atomic E-state index is 15.6. The second-order valence-electron chi connectivity index (χ2n) is 23.7. The van der Waals surface area contributed by atoms with Gasteiger partial charge in [0.15, 0.2) is 5.78 Å². The van der Waals surface area contributed by atoms with E-state index < -0.39 is 24.2 Å². The molecule has 0 aliphatic rings. The summed E-state index contributed by atoms with van der Waals surface area (Å²) in [6.45, 7) is 30.3. The molecule has 0 aliphatic carbocycles. The minimum Gasteiger partial charge on any atom is -0.492 e. The van der Waals surface area contributed by atoms with Crippen LogP contribution in [0.25, 0.3) is 0 Å². The van der Waals surface area contributed by atoms with Crippen molar-refractivity contribution in [2.75, 3.05) is 80.7 Å². The van der Waals surface area contributed by atoms with Crippen molar-refractivity contribution >= 4 is 74.0 Å². The van der Waals surface area contributed by atoms with Crippen LogP contribution in [0.1, 0.15) is 158 Å². The highest BCUT2D eigenvalue weighted by molar-refractivity contribution is 7.81. The van der Waals surface area contributed by atoms with Crippen LogP contribution in [0.4, 0.5) is 0 Å². The topological polar surface area (TPSA) is 115 Å². The molecule has 0 spiro atoms.